The van der Waals surface area contributed by atoms with Crippen LogP contribution in [0.1, 0.15) is 23.6 Å². The normalized spacial score (nSPS) is 11.4. The first-order chi connectivity index (χ1) is 15.5. The van der Waals surface area contributed by atoms with Crippen LogP contribution in [0.2, 0.25) is 0 Å². The van der Waals surface area contributed by atoms with Crippen LogP contribution in [0.15, 0.2) is 36.4 Å². The smallest absolute Gasteiger partial charge is 0.416 e. The van der Waals surface area contributed by atoms with Crippen molar-refractivity contribution in [3.63, 3.8) is 0 Å². The minimum Gasteiger partial charge on any atom is -0.496 e. The molecule has 180 valence electrons. The molecule has 0 N–H and O–H groups in total. The zero-order chi connectivity index (χ0) is 24.8. The third-order valence-corrected chi connectivity index (χ3v) is 5.22. The first kappa shape index (κ1) is 26.2. The molecule has 0 heterocycles. The van der Waals surface area contributed by atoms with E-state index < -0.39 is 24.1 Å². The maximum absolute atomic E-state index is 13.7. The summed E-state index contributed by atoms with van der Waals surface area (Å²) in [5.41, 5.74) is 0.591. The standard InChI is InChI=1S/C24H29F3N2O4/c1-16(30)29(11-10-28(2)3)15-17-8-6-7-9-19(17)20-12-18(13-23(31)33-5)21(24(25,26)27)14-22(20)32-4/h6-9,12,14H,10-11,13,15H2,1-5H3. The molecule has 6 nitrogen and oxygen atoms in total. The highest BCUT2D eigenvalue weighted by atomic mass is 19.4. The SMILES string of the molecule is COC(=O)Cc1cc(-c2ccccc2CN(CCN(C)C)C(C)=O)c(OC)cc1C(F)(F)F. The lowest BCUT2D eigenvalue weighted by molar-refractivity contribution is -0.141. The van der Waals surface area contributed by atoms with Crippen molar-refractivity contribution >= 4 is 11.9 Å². The number of hydrogen-bond acceptors (Lipinski definition) is 5. The van der Waals surface area contributed by atoms with Gasteiger partial charge in [0, 0.05) is 32.1 Å². The number of ether oxygens (including phenoxy) is 2. The van der Waals surface area contributed by atoms with Gasteiger partial charge in [0.25, 0.3) is 0 Å². The van der Waals surface area contributed by atoms with E-state index in [-0.39, 0.29) is 23.8 Å². The van der Waals surface area contributed by atoms with Gasteiger partial charge in [0.05, 0.1) is 26.2 Å². The Balaban J connectivity index is 2.61. The zero-order valence-electron chi connectivity index (χ0n) is 19.5. The predicted octanol–water partition coefficient (Wildman–Crippen LogP) is 4.01. The molecule has 0 atom stereocenters. The predicted molar refractivity (Wildman–Crippen MR) is 119 cm³/mol. The monoisotopic (exact) mass is 466 g/mol. The molecule has 0 aliphatic rings. The Morgan fingerprint density at radius 2 is 1.64 bits per heavy atom. The quantitative estimate of drug-likeness (QED) is 0.523. The van der Waals surface area contributed by atoms with Gasteiger partial charge in [-0.15, -0.1) is 0 Å². The number of rotatable bonds is 9. The summed E-state index contributed by atoms with van der Waals surface area (Å²) in [5.74, 6) is -0.875. The van der Waals surface area contributed by atoms with E-state index in [9.17, 15) is 22.8 Å². The van der Waals surface area contributed by atoms with E-state index in [1.807, 2.05) is 25.1 Å². The van der Waals surface area contributed by atoms with Gasteiger partial charge in [-0.3, -0.25) is 9.59 Å². The number of carbonyl (C=O) groups excluding carboxylic acids is 2. The number of amides is 1. The van der Waals surface area contributed by atoms with Crippen LogP contribution in [-0.4, -0.2) is 63.1 Å². The summed E-state index contributed by atoms with van der Waals surface area (Å²) in [4.78, 5) is 27.6. The number of methoxy groups -OCH3 is 2. The van der Waals surface area contributed by atoms with Gasteiger partial charge in [-0.25, -0.2) is 0 Å². The number of hydrogen-bond donors (Lipinski definition) is 0. The fraction of sp³-hybridized carbons (Fsp3) is 0.417. The maximum atomic E-state index is 13.7. The molecule has 1 amide bonds. The van der Waals surface area contributed by atoms with Gasteiger partial charge in [-0.2, -0.15) is 13.2 Å². The third kappa shape index (κ3) is 6.95. The molecule has 0 radical (unpaired) electrons. The van der Waals surface area contributed by atoms with E-state index in [1.165, 1.54) is 20.1 Å². The molecule has 0 saturated heterocycles. The first-order valence-corrected chi connectivity index (χ1v) is 10.3. The second kappa shape index (κ2) is 11.2. The van der Waals surface area contributed by atoms with Crippen LogP contribution in [0, 0.1) is 0 Å². The molecule has 9 heteroatoms. The van der Waals surface area contributed by atoms with Crippen LogP contribution >= 0.6 is 0 Å². The van der Waals surface area contributed by atoms with Crippen molar-refractivity contribution in [3.05, 3.63) is 53.1 Å². The molecule has 0 spiro atoms. The molecule has 2 rings (SSSR count). The zero-order valence-corrected chi connectivity index (χ0v) is 19.5. The van der Waals surface area contributed by atoms with Crippen molar-refractivity contribution in [1.82, 2.24) is 9.80 Å². The Bertz CT molecular complexity index is 990. The average molecular weight is 467 g/mol. The Morgan fingerprint density at radius 3 is 2.18 bits per heavy atom. The molecular formula is C24H29F3N2O4. The summed E-state index contributed by atoms with van der Waals surface area (Å²) in [6.45, 7) is 2.91. The highest BCUT2D eigenvalue weighted by Gasteiger charge is 2.35. The molecule has 0 saturated carbocycles. The van der Waals surface area contributed by atoms with Crippen molar-refractivity contribution in [2.45, 2.75) is 26.1 Å². The van der Waals surface area contributed by atoms with Gasteiger partial charge in [0.1, 0.15) is 5.75 Å². The number of nitrogens with zero attached hydrogens (tertiary/aromatic N) is 2. The van der Waals surface area contributed by atoms with E-state index in [4.69, 9.17) is 4.74 Å². The molecule has 2 aromatic rings. The van der Waals surface area contributed by atoms with Gasteiger partial charge < -0.3 is 19.3 Å². The van der Waals surface area contributed by atoms with E-state index in [0.29, 0.717) is 24.2 Å². The summed E-state index contributed by atoms with van der Waals surface area (Å²) in [5, 5.41) is 0. The largest absolute Gasteiger partial charge is 0.496 e. The average Bonchev–Trinajstić information content (AvgIpc) is 2.75. The van der Waals surface area contributed by atoms with Crippen LogP contribution in [0.5, 0.6) is 5.75 Å². The lowest BCUT2D eigenvalue weighted by Gasteiger charge is -2.25. The number of halogens is 3. The second-order valence-corrected chi connectivity index (χ2v) is 7.86. The summed E-state index contributed by atoms with van der Waals surface area (Å²) in [6, 6.07) is 9.35. The van der Waals surface area contributed by atoms with Gasteiger partial charge >= 0.3 is 12.1 Å². The summed E-state index contributed by atoms with van der Waals surface area (Å²) in [7, 11) is 6.23. The molecular weight excluding hydrogens is 437 g/mol. The van der Waals surface area contributed by atoms with Crippen molar-refractivity contribution in [1.29, 1.82) is 0 Å². The highest BCUT2D eigenvalue weighted by Crippen LogP contribution is 2.41. The highest BCUT2D eigenvalue weighted by molar-refractivity contribution is 5.79. The van der Waals surface area contributed by atoms with Crippen LogP contribution in [0.25, 0.3) is 11.1 Å². The molecule has 0 aromatic heterocycles. The fourth-order valence-electron chi connectivity index (χ4n) is 3.44. The van der Waals surface area contributed by atoms with Crippen LogP contribution in [0.3, 0.4) is 0 Å². The summed E-state index contributed by atoms with van der Waals surface area (Å²) < 4.78 is 51.0. The van der Waals surface area contributed by atoms with Crippen LogP contribution in [-0.2, 0) is 33.5 Å². The molecule has 2 aromatic carbocycles. The van der Waals surface area contributed by atoms with E-state index in [2.05, 4.69) is 4.74 Å². The van der Waals surface area contributed by atoms with Gasteiger partial charge in [0.15, 0.2) is 0 Å². The number of esters is 1. The number of carbonyl (C=O) groups is 2. The van der Waals surface area contributed by atoms with Crippen molar-refractivity contribution in [3.8, 4) is 16.9 Å². The van der Waals surface area contributed by atoms with E-state index in [0.717, 1.165) is 18.7 Å². The fourth-order valence-corrected chi connectivity index (χ4v) is 3.44. The minimum atomic E-state index is -4.67. The Morgan fingerprint density at radius 1 is 0.970 bits per heavy atom. The van der Waals surface area contributed by atoms with Gasteiger partial charge in [-0.05, 0) is 42.9 Å². The van der Waals surface area contributed by atoms with Crippen LogP contribution < -0.4 is 4.74 Å². The first-order valence-electron chi connectivity index (χ1n) is 10.3. The lowest BCUT2D eigenvalue weighted by Crippen LogP contribution is -2.34. The van der Waals surface area contributed by atoms with E-state index >= 15 is 0 Å². The molecule has 0 aliphatic carbocycles. The molecule has 0 fully saturated rings. The van der Waals surface area contributed by atoms with Crippen molar-refractivity contribution in [2.24, 2.45) is 0 Å². The topological polar surface area (TPSA) is 59.1 Å². The Labute approximate surface area is 191 Å². The van der Waals surface area contributed by atoms with Gasteiger partial charge in [-0.1, -0.05) is 24.3 Å². The van der Waals surface area contributed by atoms with Gasteiger partial charge in [0.2, 0.25) is 5.91 Å². The Kier molecular flexibility index (Phi) is 8.87. The summed E-state index contributed by atoms with van der Waals surface area (Å²) >= 11 is 0. The lowest BCUT2D eigenvalue weighted by atomic mass is 9.93. The Hall–Kier alpha value is -3.07. The molecule has 0 unspecified atom stereocenters. The number of alkyl halides is 3. The third-order valence-electron chi connectivity index (χ3n) is 5.22. The van der Waals surface area contributed by atoms with Crippen LogP contribution in [0.4, 0.5) is 13.2 Å². The van der Waals surface area contributed by atoms with E-state index in [1.54, 1.807) is 23.1 Å². The number of likely N-dealkylation sites (N-methyl/N-ethyl adjacent to an activating group) is 1. The van der Waals surface area contributed by atoms with Crippen molar-refractivity contribution < 1.29 is 32.2 Å². The molecule has 0 bridgehead atoms. The summed E-state index contributed by atoms with van der Waals surface area (Å²) in [6.07, 6.45) is -5.21. The van der Waals surface area contributed by atoms with Crippen molar-refractivity contribution in [2.75, 3.05) is 41.4 Å². The number of benzene rings is 2. The second-order valence-electron chi connectivity index (χ2n) is 7.86. The molecule has 0 aliphatic heterocycles. The maximum Gasteiger partial charge on any atom is 0.416 e. The minimum absolute atomic E-state index is 0.0195. The molecule has 33 heavy (non-hydrogen) atoms.